The van der Waals surface area contributed by atoms with Gasteiger partial charge in [0.2, 0.25) is 15.9 Å². The van der Waals surface area contributed by atoms with E-state index in [1.54, 1.807) is 12.1 Å². The number of nitrogens with one attached hydrogen (secondary N) is 1. The Morgan fingerprint density at radius 1 is 1.14 bits per heavy atom. The number of aryl methyl sites for hydroxylation is 2. The second kappa shape index (κ2) is 9.30. The van der Waals surface area contributed by atoms with E-state index in [1.807, 2.05) is 39.0 Å². The number of anilines is 1. The number of carbonyl (C=O) groups excluding carboxylic acids is 1. The second-order valence-electron chi connectivity index (χ2n) is 6.60. The van der Waals surface area contributed by atoms with Crippen LogP contribution in [-0.2, 0) is 14.8 Å². The highest BCUT2D eigenvalue weighted by molar-refractivity contribution is 7.92. The lowest BCUT2D eigenvalue weighted by Crippen LogP contribution is -2.41. The first-order valence-corrected chi connectivity index (χ1v) is 11.0. The van der Waals surface area contributed by atoms with Crippen LogP contribution in [0.1, 0.15) is 16.7 Å². The Kier molecular flexibility index (Phi) is 7.32. The summed E-state index contributed by atoms with van der Waals surface area (Å²) in [5.74, 6) is 0.341. The molecule has 6 nitrogen and oxygen atoms in total. The molecule has 2 aromatic rings. The zero-order chi connectivity index (χ0) is 20.9. The van der Waals surface area contributed by atoms with Crippen LogP contribution in [0.4, 0.5) is 5.69 Å². The van der Waals surface area contributed by atoms with Gasteiger partial charge in [0, 0.05) is 5.02 Å². The zero-order valence-electron chi connectivity index (χ0n) is 16.5. The summed E-state index contributed by atoms with van der Waals surface area (Å²) in [4.78, 5) is 12.3. The quantitative estimate of drug-likeness (QED) is 0.660. The molecule has 2 rings (SSSR count). The molecule has 0 aliphatic carbocycles. The number of hydrogen-bond donors (Lipinski definition) is 1. The maximum Gasteiger partial charge on any atom is 0.240 e. The van der Waals surface area contributed by atoms with Gasteiger partial charge in [0.15, 0.2) is 0 Å². The number of ether oxygens (including phenoxy) is 1. The van der Waals surface area contributed by atoms with Gasteiger partial charge >= 0.3 is 0 Å². The molecule has 0 aliphatic heterocycles. The van der Waals surface area contributed by atoms with Crippen molar-refractivity contribution >= 4 is 33.2 Å². The highest BCUT2D eigenvalue weighted by atomic mass is 35.5. The molecule has 0 spiro atoms. The standard InChI is InChI=1S/C20H25ClN2O4S/c1-14-6-5-7-19(16(14)3)27-11-10-22-20(24)13-23(28(4,25)26)17-9-8-15(2)18(21)12-17/h5-9,12H,10-11,13H2,1-4H3,(H,22,24). The molecular formula is C20H25ClN2O4S. The van der Waals surface area contributed by atoms with Crippen molar-refractivity contribution in [3.63, 3.8) is 0 Å². The minimum absolute atomic E-state index is 0.262. The Hall–Kier alpha value is -2.25. The third-order valence-corrected chi connectivity index (χ3v) is 5.92. The molecule has 0 saturated heterocycles. The molecule has 28 heavy (non-hydrogen) atoms. The van der Waals surface area contributed by atoms with Crippen LogP contribution in [0.2, 0.25) is 5.02 Å². The molecule has 0 bridgehead atoms. The van der Waals surface area contributed by atoms with Gasteiger partial charge in [-0.15, -0.1) is 0 Å². The predicted octanol–water partition coefficient (Wildman–Crippen LogP) is 3.23. The average Bonchev–Trinajstić information content (AvgIpc) is 2.61. The summed E-state index contributed by atoms with van der Waals surface area (Å²) in [5.41, 5.74) is 3.35. The molecule has 0 saturated carbocycles. The number of nitrogens with zero attached hydrogens (tertiary/aromatic N) is 1. The maximum atomic E-state index is 12.3. The third-order valence-electron chi connectivity index (χ3n) is 4.37. The van der Waals surface area contributed by atoms with E-state index in [0.29, 0.717) is 10.7 Å². The summed E-state index contributed by atoms with van der Waals surface area (Å²) in [6.45, 7) is 6.01. The maximum absolute atomic E-state index is 12.3. The van der Waals surface area contributed by atoms with Gasteiger partial charge in [-0.05, 0) is 55.7 Å². The smallest absolute Gasteiger partial charge is 0.240 e. The van der Waals surface area contributed by atoms with Crippen molar-refractivity contribution in [1.82, 2.24) is 5.32 Å². The monoisotopic (exact) mass is 424 g/mol. The van der Waals surface area contributed by atoms with E-state index in [0.717, 1.165) is 33.0 Å². The van der Waals surface area contributed by atoms with E-state index < -0.39 is 15.9 Å². The number of amides is 1. The molecule has 0 radical (unpaired) electrons. The lowest BCUT2D eigenvalue weighted by Gasteiger charge is -2.22. The topological polar surface area (TPSA) is 75.7 Å². The SMILES string of the molecule is Cc1ccc(N(CC(=O)NCCOc2cccc(C)c2C)S(C)(=O)=O)cc1Cl. The Bertz CT molecular complexity index is 961. The van der Waals surface area contributed by atoms with E-state index in [1.165, 1.54) is 6.07 Å². The number of benzene rings is 2. The number of sulfonamides is 1. The van der Waals surface area contributed by atoms with Crippen molar-refractivity contribution in [2.45, 2.75) is 20.8 Å². The Morgan fingerprint density at radius 2 is 1.86 bits per heavy atom. The third kappa shape index (κ3) is 5.87. The van der Waals surface area contributed by atoms with Crippen LogP contribution in [0.3, 0.4) is 0 Å². The Balaban J connectivity index is 1.95. The van der Waals surface area contributed by atoms with Crippen LogP contribution >= 0.6 is 11.6 Å². The lowest BCUT2D eigenvalue weighted by molar-refractivity contribution is -0.119. The van der Waals surface area contributed by atoms with Crippen molar-refractivity contribution < 1.29 is 17.9 Å². The first kappa shape index (κ1) is 22.0. The van der Waals surface area contributed by atoms with Gasteiger partial charge in [-0.25, -0.2) is 8.42 Å². The Morgan fingerprint density at radius 3 is 2.50 bits per heavy atom. The van der Waals surface area contributed by atoms with Gasteiger partial charge in [-0.2, -0.15) is 0 Å². The normalized spacial score (nSPS) is 11.2. The fourth-order valence-corrected chi connectivity index (χ4v) is 3.58. The molecule has 0 aromatic heterocycles. The first-order chi connectivity index (χ1) is 13.1. The molecule has 152 valence electrons. The van der Waals surface area contributed by atoms with Crippen molar-refractivity contribution in [2.75, 3.05) is 30.3 Å². The van der Waals surface area contributed by atoms with Gasteiger partial charge in [0.25, 0.3) is 0 Å². The van der Waals surface area contributed by atoms with Crippen LogP contribution in [0, 0.1) is 20.8 Å². The number of rotatable bonds is 8. The highest BCUT2D eigenvalue weighted by Crippen LogP contribution is 2.24. The molecule has 1 amide bonds. The fourth-order valence-electron chi connectivity index (χ4n) is 2.56. The second-order valence-corrected chi connectivity index (χ2v) is 8.91. The first-order valence-electron chi connectivity index (χ1n) is 8.79. The molecule has 0 atom stereocenters. The molecule has 0 fully saturated rings. The lowest BCUT2D eigenvalue weighted by atomic mass is 10.1. The van der Waals surface area contributed by atoms with Crippen LogP contribution in [0.5, 0.6) is 5.75 Å². The number of hydrogen-bond acceptors (Lipinski definition) is 4. The largest absolute Gasteiger partial charge is 0.491 e. The molecule has 0 unspecified atom stereocenters. The summed E-state index contributed by atoms with van der Waals surface area (Å²) in [6, 6.07) is 10.7. The van der Waals surface area contributed by atoms with E-state index >= 15 is 0 Å². The molecule has 8 heteroatoms. The molecular weight excluding hydrogens is 400 g/mol. The van der Waals surface area contributed by atoms with Gasteiger partial charge in [0.1, 0.15) is 18.9 Å². The minimum atomic E-state index is -3.64. The van der Waals surface area contributed by atoms with Gasteiger partial charge in [-0.1, -0.05) is 29.8 Å². The molecule has 0 heterocycles. The minimum Gasteiger partial charge on any atom is -0.491 e. The van der Waals surface area contributed by atoms with E-state index in [4.69, 9.17) is 16.3 Å². The average molecular weight is 425 g/mol. The van der Waals surface area contributed by atoms with Crippen molar-refractivity contribution in [1.29, 1.82) is 0 Å². The predicted molar refractivity (Wildman–Crippen MR) is 113 cm³/mol. The van der Waals surface area contributed by atoms with E-state index in [-0.39, 0.29) is 19.7 Å². The fraction of sp³-hybridized carbons (Fsp3) is 0.350. The summed E-state index contributed by atoms with van der Waals surface area (Å²) < 4.78 is 31.0. The van der Waals surface area contributed by atoms with Crippen molar-refractivity contribution in [3.05, 3.63) is 58.1 Å². The van der Waals surface area contributed by atoms with Gasteiger partial charge in [0.05, 0.1) is 18.5 Å². The highest BCUT2D eigenvalue weighted by Gasteiger charge is 2.21. The van der Waals surface area contributed by atoms with Gasteiger partial charge in [-0.3, -0.25) is 9.10 Å². The Labute approximate surface area is 171 Å². The zero-order valence-corrected chi connectivity index (χ0v) is 18.0. The van der Waals surface area contributed by atoms with Crippen molar-refractivity contribution in [3.8, 4) is 5.75 Å². The van der Waals surface area contributed by atoms with Crippen LogP contribution in [0.15, 0.2) is 36.4 Å². The molecule has 2 aromatic carbocycles. The molecule has 1 N–H and O–H groups in total. The van der Waals surface area contributed by atoms with E-state index in [9.17, 15) is 13.2 Å². The van der Waals surface area contributed by atoms with Crippen LogP contribution < -0.4 is 14.4 Å². The van der Waals surface area contributed by atoms with Crippen molar-refractivity contribution in [2.24, 2.45) is 0 Å². The van der Waals surface area contributed by atoms with Gasteiger partial charge < -0.3 is 10.1 Å². The van der Waals surface area contributed by atoms with E-state index in [2.05, 4.69) is 5.32 Å². The molecule has 0 aliphatic rings. The summed E-state index contributed by atoms with van der Waals surface area (Å²) in [6.07, 6.45) is 1.05. The van der Waals surface area contributed by atoms with Crippen LogP contribution in [0.25, 0.3) is 0 Å². The van der Waals surface area contributed by atoms with Crippen LogP contribution in [-0.4, -0.2) is 40.3 Å². The number of halogens is 1. The summed E-state index contributed by atoms with van der Waals surface area (Å²) >= 11 is 6.09. The summed E-state index contributed by atoms with van der Waals surface area (Å²) in [7, 11) is -3.64. The summed E-state index contributed by atoms with van der Waals surface area (Å²) in [5, 5.41) is 3.12. The number of carbonyl (C=O) groups is 1.